The van der Waals surface area contributed by atoms with Gasteiger partial charge in [0, 0.05) is 19.6 Å². The highest BCUT2D eigenvalue weighted by molar-refractivity contribution is 7.89. The number of fused-ring (bicyclic) bond motifs is 1. The molecule has 0 aromatic heterocycles. The summed E-state index contributed by atoms with van der Waals surface area (Å²) in [6.45, 7) is 4.89. The Morgan fingerprint density at radius 1 is 1.10 bits per heavy atom. The van der Waals surface area contributed by atoms with Crippen LogP contribution < -0.4 is 5.32 Å². The molecular weight excluding hydrogens is 416 g/mol. The highest BCUT2D eigenvalue weighted by atomic mass is 32.2. The van der Waals surface area contributed by atoms with Crippen LogP contribution in [-0.2, 0) is 32.5 Å². The van der Waals surface area contributed by atoms with Crippen LogP contribution in [-0.4, -0.2) is 44.3 Å². The predicted molar refractivity (Wildman–Crippen MR) is 117 cm³/mol. The fraction of sp³-hybridized carbons (Fsp3) is 0.391. The first-order valence-corrected chi connectivity index (χ1v) is 11.8. The third-order valence-electron chi connectivity index (χ3n) is 5.18. The zero-order valence-corrected chi connectivity index (χ0v) is 18.7. The molecule has 7 nitrogen and oxygen atoms in total. The molecule has 0 saturated carbocycles. The van der Waals surface area contributed by atoms with Gasteiger partial charge in [0.05, 0.1) is 10.5 Å². The SMILES string of the molecule is CC(C)CCNC(=O)COC(=O)c1cccc(S(=O)(=O)N2CCc3ccccc3C2)c1. The second-order valence-corrected chi connectivity index (χ2v) is 9.93. The first-order chi connectivity index (χ1) is 14.8. The molecule has 0 aliphatic carbocycles. The third-order valence-corrected chi connectivity index (χ3v) is 7.02. The van der Waals surface area contributed by atoms with Crippen molar-refractivity contribution in [2.45, 2.75) is 38.1 Å². The molecule has 8 heteroatoms. The van der Waals surface area contributed by atoms with Gasteiger partial charge < -0.3 is 10.1 Å². The van der Waals surface area contributed by atoms with Gasteiger partial charge in [-0.05, 0) is 48.1 Å². The van der Waals surface area contributed by atoms with Gasteiger partial charge in [0.1, 0.15) is 0 Å². The van der Waals surface area contributed by atoms with E-state index in [1.165, 1.54) is 28.6 Å². The van der Waals surface area contributed by atoms with Crippen LogP contribution in [0.1, 0.15) is 41.8 Å². The number of carbonyl (C=O) groups excluding carboxylic acids is 2. The molecule has 1 amide bonds. The molecule has 0 bridgehead atoms. The summed E-state index contributed by atoms with van der Waals surface area (Å²) in [5, 5.41) is 2.69. The second-order valence-electron chi connectivity index (χ2n) is 7.99. The molecule has 2 aromatic carbocycles. The fourth-order valence-corrected chi connectivity index (χ4v) is 4.84. The molecule has 1 aliphatic rings. The number of benzene rings is 2. The normalized spacial score (nSPS) is 14.2. The minimum atomic E-state index is -3.77. The van der Waals surface area contributed by atoms with Crippen LogP contribution in [0.15, 0.2) is 53.4 Å². The second kappa shape index (κ2) is 10.1. The number of esters is 1. The summed E-state index contributed by atoms with van der Waals surface area (Å²) in [4.78, 5) is 24.2. The van der Waals surface area contributed by atoms with E-state index in [9.17, 15) is 18.0 Å². The number of sulfonamides is 1. The maximum atomic E-state index is 13.1. The van der Waals surface area contributed by atoms with Crippen molar-refractivity contribution in [1.29, 1.82) is 0 Å². The van der Waals surface area contributed by atoms with Crippen LogP contribution in [0.5, 0.6) is 0 Å². The average molecular weight is 445 g/mol. The molecule has 0 unspecified atom stereocenters. The molecular formula is C23H28N2O5S. The van der Waals surface area contributed by atoms with Crippen molar-refractivity contribution in [2.24, 2.45) is 5.92 Å². The Bertz CT molecular complexity index is 1050. The van der Waals surface area contributed by atoms with Crippen LogP contribution in [0, 0.1) is 5.92 Å². The van der Waals surface area contributed by atoms with Gasteiger partial charge in [0.15, 0.2) is 6.61 Å². The van der Waals surface area contributed by atoms with Crippen molar-refractivity contribution < 1.29 is 22.7 Å². The Morgan fingerprint density at radius 3 is 2.58 bits per heavy atom. The van der Waals surface area contributed by atoms with Crippen molar-refractivity contribution in [3.8, 4) is 0 Å². The van der Waals surface area contributed by atoms with E-state index >= 15 is 0 Å². The number of nitrogens with zero attached hydrogens (tertiary/aromatic N) is 1. The Hall–Kier alpha value is -2.71. The van der Waals surface area contributed by atoms with E-state index in [-0.39, 0.29) is 16.4 Å². The smallest absolute Gasteiger partial charge is 0.338 e. The molecule has 0 fully saturated rings. The third kappa shape index (κ3) is 5.92. The van der Waals surface area contributed by atoms with E-state index in [1.54, 1.807) is 0 Å². The quantitative estimate of drug-likeness (QED) is 0.632. The van der Waals surface area contributed by atoms with E-state index in [4.69, 9.17) is 4.74 Å². The van der Waals surface area contributed by atoms with Crippen molar-refractivity contribution in [2.75, 3.05) is 19.7 Å². The molecule has 1 heterocycles. The van der Waals surface area contributed by atoms with Crippen molar-refractivity contribution in [1.82, 2.24) is 9.62 Å². The standard InChI is InChI=1S/C23H28N2O5S/c1-17(2)10-12-24-22(26)16-30-23(27)19-8-5-9-21(14-19)31(28,29)25-13-11-18-6-3-4-7-20(18)15-25/h3-9,14,17H,10-13,15-16H2,1-2H3,(H,24,26). The van der Waals surface area contributed by atoms with E-state index in [0.29, 0.717) is 32.0 Å². The summed E-state index contributed by atoms with van der Waals surface area (Å²) in [5.41, 5.74) is 2.22. The molecule has 1 N–H and O–H groups in total. The van der Waals surface area contributed by atoms with Gasteiger partial charge in [-0.1, -0.05) is 44.2 Å². The number of amides is 1. The van der Waals surface area contributed by atoms with Gasteiger partial charge >= 0.3 is 5.97 Å². The Kier molecular flexibility index (Phi) is 7.46. The largest absolute Gasteiger partial charge is 0.452 e. The van der Waals surface area contributed by atoms with Crippen LogP contribution >= 0.6 is 0 Å². The lowest BCUT2D eigenvalue weighted by Gasteiger charge is -2.28. The number of carbonyl (C=O) groups is 2. The predicted octanol–water partition coefficient (Wildman–Crippen LogP) is 2.75. The van der Waals surface area contributed by atoms with Crippen molar-refractivity contribution >= 4 is 21.9 Å². The summed E-state index contributed by atoms with van der Waals surface area (Å²) in [5.74, 6) is -0.661. The zero-order chi connectivity index (χ0) is 22.4. The summed E-state index contributed by atoms with van der Waals surface area (Å²) in [6, 6.07) is 13.5. The highest BCUT2D eigenvalue weighted by Gasteiger charge is 2.28. The fourth-order valence-electron chi connectivity index (χ4n) is 3.37. The van der Waals surface area contributed by atoms with Gasteiger partial charge in [-0.2, -0.15) is 4.31 Å². The maximum Gasteiger partial charge on any atom is 0.338 e. The van der Waals surface area contributed by atoms with E-state index in [2.05, 4.69) is 19.2 Å². The highest BCUT2D eigenvalue weighted by Crippen LogP contribution is 2.25. The van der Waals surface area contributed by atoms with Gasteiger partial charge in [0.25, 0.3) is 5.91 Å². The topological polar surface area (TPSA) is 92.8 Å². The molecule has 0 radical (unpaired) electrons. The molecule has 1 aliphatic heterocycles. The lowest BCUT2D eigenvalue weighted by atomic mass is 10.0. The molecule has 3 rings (SSSR count). The molecule has 166 valence electrons. The minimum absolute atomic E-state index is 0.0303. The molecule has 0 spiro atoms. The lowest BCUT2D eigenvalue weighted by molar-refractivity contribution is -0.124. The Balaban J connectivity index is 1.64. The summed E-state index contributed by atoms with van der Waals surface area (Å²) >= 11 is 0. The molecule has 0 atom stereocenters. The number of rotatable bonds is 8. The summed E-state index contributed by atoms with van der Waals surface area (Å²) < 4.78 is 32.7. The van der Waals surface area contributed by atoms with Crippen LogP contribution in [0.25, 0.3) is 0 Å². The average Bonchev–Trinajstić information content (AvgIpc) is 2.77. The molecule has 2 aromatic rings. The van der Waals surface area contributed by atoms with E-state index < -0.39 is 22.6 Å². The van der Waals surface area contributed by atoms with Gasteiger partial charge in [0.2, 0.25) is 10.0 Å². The number of nitrogens with one attached hydrogen (secondary N) is 1. The molecule has 0 saturated heterocycles. The first-order valence-electron chi connectivity index (χ1n) is 10.4. The van der Waals surface area contributed by atoms with Crippen LogP contribution in [0.3, 0.4) is 0 Å². The lowest BCUT2D eigenvalue weighted by Crippen LogP contribution is -2.36. The number of ether oxygens (including phenoxy) is 1. The van der Waals surface area contributed by atoms with Gasteiger partial charge in [-0.3, -0.25) is 4.79 Å². The first kappa shape index (κ1) is 23.0. The maximum absolute atomic E-state index is 13.1. The van der Waals surface area contributed by atoms with Gasteiger partial charge in [-0.25, -0.2) is 13.2 Å². The zero-order valence-electron chi connectivity index (χ0n) is 17.8. The number of hydrogen-bond acceptors (Lipinski definition) is 5. The Labute approximate surface area is 183 Å². The van der Waals surface area contributed by atoms with E-state index in [1.807, 2.05) is 24.3 Å². The van der Waals surface area contributed by atoms with Crippen LogP contribution in [0.2, 0.25) is 0 Å². The summed E-state index contributed by atoms with van der Waals surface area (Å²) in [7, 11) is -3.77. The Morgan fingerprint density at radius 2 is 1.84 bits per heavy atom. The minimum Gasteiger partial charge on any atom is -0.452 e. The summed E-state index contributed by atoms with van der Waals surface area (Å²) in [6.07, 6.45) is 1.48. The van der Waals surface area contributed by atoms with E-state index in [0.717, 1.165) is 17.5 Å². The molecule has 31 heavy (non-hydrogen) atoms. The van der Waals surface area contributed by atoms with Crippen molar-refractivity contribution in [3.05, 3.63) is 65.2 Å². The monoisotopic (exact) mass is 444 g/mol. The van der Waals surface area contributed by atoms with Crippen molar-refractivity contribution in [3.63, 3.8) is 0 Å². The van der Waals surface area contributed by atoms with Crippen LogP contribution in [0.4, 0.5) is 0 Å². The number of hydrogen-bond donors (Lipinski definition) is 1. The van der Waals surface area contributed by atoms with Gasteiger partial charge in [-0.15, -0.1) is 0 Å².